The van der Waals surface area contributed by atoms with E-state index in [-0.39, 0.29) is 17.9 Å². The van der Waals surface area contributed by atoms with Crippen LogP contribution < -0.4 is 5.32 Å². The van der Waals surface area contributed by atoms with Crippen LogP contribution in [0, 0.1) is 12.8 Å². The fourth-order valence-electron chi connectivity index (χ4n) is 7.05. The summed E-state index contributed by atoms with van der Waals surface area (Å²) in [4.78, 5) is 42.8. The smallest absolute Gasteiger partial charge is 0.307 e. The van der Waals surface area contributed by atoms with Gasteiger partial charge in [0.25, 0.3) is 5.91 Å². The van der Waals surface area contributed by atoms with Gasteiger partial charge < -0.3 is 15.5 Å². The average Bonchev–Trinajstić information content (AvgIpc) is 3.76. The number of aliphatic hydroxyl groups excluding tert-OH is 1. The van der Waals surface area contributed by atoms with Crippen LogP contribution in [0.1, 0.15) is 51.3 Å². The summed E-state index contributed by atoms with van der Waals surface area (Å²) in [5, 5.41) is 23.5. The number of amides is 1. The SMILES string of the molecule is Cc1c(Cc2nccc3cc(CN4CC[C@@H](C(=O)O)C4)cnc23)cccc1-c1cccc(NC(=O)c2ccc(CN3CC[C@@H](O)C3)cn2)c1Cl. The zero-order valence-electron chi connectivity index (χ0n) is 27.8. The average molecular weight is 691 g/mol. The Morgan fingerprint density at radius 1 is 0.900 bits per heavy atom. The molecular formula is C39H39ClN6O4. The van der Waals surface area contributed by atoms with E-state index < -0.39 is 5.97 Å². The first-order chi connectivity index (χ1) is 24.2. The van der Waals surface area contributed by atoms with E-state index in [1.54, 1.807) is 18.3 Å². The Morgan fingerprint density at radius 3 is 2.42 bits per heavy atom. The van der Waals surface area contributed by atoms with Crippen LogP contribution in [0.15, 0.2) is 79.3 Å². The molecule has 3 aromatic heterocycles. The Bertz CT molecular complexity index is 2060. The maximum atomic E-state index is 13.2. The number of likely N-dealkylation sites (tertiary alicyclic amines) is 2. The molecule has 0 unspecified atom stereocenters. The van der Waals surface area contributed by atoms with Gasteiger partial charge in [-0.1, -0.05) is 48.0 Å². The van der Waals surface area contributed by atoms with Gasteiger partial charge in [-0.05, 0) is 78.4 Å². The van der Waals surface area contributed by atoms with Crippen LogP contribution in [-0.2, 0) is 24.3 Å². The van der Waals surface area contributed by atoms with Crippen molar-refractivity contribution in [2.24, 2.45) is 5.92 Å². The largest absolute Gasteiger partial charge is 0.481 e. The number of carboxylic acid groups (broad SMARTS) is 1. The molecule has 2 saturated heterocycles. The second-order valence-electron chi connectivity index (χ2n) is 13.3. The lowest BCUT2D eigenvalue weighted by Gasteiger charge is -2.17. The number of fused-ring (bicyclic) bond motifs is 1. The van der Waals surface area contributed by atoms with Crippen LogP contribution in [0.25, 0.3) is 22.0 Å². The van der Waals surface area contributed by atoms with E-state index in [9.17, 15) is 19.8 Å². The number of aliphatic hydroxyl groups is 1. The van der Waals surface area contributed by atoms with E-state index in [1.165, 1.54) is 0 Å². The number of aliphatic carboxylic acids is 1. The molecule has 2 aliphatic rings. The molecule has 0 radical (unpaired) electrons. The molecule has 2 atom stereocenters. The van der Waals surface area contributed by atoms with Gasteiger partial charge in [0.2, 0.25) is 0 Å². The number of carbonyl (C=O) groups is 2. The highest BCUT2D eigenvalue weighted by Crippen LogP contribution is 2.37. The lowest BCUT2D eigenvalue weighted by Crippen LogP contribution is -2.22. The summed E-state index contributed by atoms with van der Waals surface area (Å²) in [5.41, 5.74) is 8.43. The minimum atomic E-state index is -0.729. The fraction of sp³-hybridized carbons (Fsp3) is 0.308. The Labute approximate surface area is 295 Å². The highest BCUT2D eigenvalue weighted by atomic mass is 35.5. The molecule has 5 heterocycles. The monoisotopic (exact) mass is 690 g/mol. The maximum Gasteiger partial charge on any atom is 0.307 e. The summed E-state index contributed by atoms with van der Waals surface area (Å²) in [5.74, 6) is -1.38. The number of pyridine rings is 3. The van der Waals surface area contributed by atoms with Crippen molar-refractivity contribution in [3.05, 3.63) is 118 Å². The fourth-order valence-corrected chi connectivity index (χ4v) is 7.33. The normalized spacial score (nSPS) is 18.1. The number of anilines is 1. The number of hydrogen-bond acceptors (Lipinski definition) is 8. The minimum Gasteiger partial charge on any atom is -0.481 e. The summed E-state index contributed by atoms with van der Waals surface area (Å²) in [6, 6.07) is 19.4. The van der Waals surface area contributed by atoms with Crippen LogP contribution in [0.3, 0.4) is 0 Å². The van der Waals surface area contributed by atoms with Gasteiger partial charge >= 0.3 is 5.97 Å². The van der Waals surface area contributed by atoms with Crippen LogP contribution >= 0.6 is 11.6 Å². The molecule has 10 nitrogen and oxygen atoms in total. The van der Waals surface area contributed by atoms with Gasteiger partial charge in [0, 0.05) is 68.7 Å². The Balaban J connectivity index is 1.06. The second-order valence-corrected chi connectivity index (χ2v) is 13.7. The van der Waals surface area contributed by atoms with Gasteiger partial charge in [0.15, 0.2) is 0 Å². The predicted molar refractivity (Wildman–Crippen MR) is 193 cm³/mol. The molecule has 0 saturated carbocycles. The number of nitrogens with one attached hydrogen (secondary N) is 1. The van der Waals surface area contributed by atoms with Crippen molar-refractivity contribution in [3.63, 3.8) is 0 Å². The van der Waals surface area contributed by atoms with Gasteiger partial charge in [-0.3, -0.25) is 34.3 Å². The van der Waals surface area contributed by atoms with Crippen LogP contribution in [0.2, 0.25) is 5.02 Å². The zero-order valence-corrected chi connectivity index (χ0v) is 28.6. The molecule has 0 spiro atoms. The molecule has 2 aromatic carbocycles. The summed E-state index contributed by atoms with van der Waals surface area (Å²) in [6.45, 7) is 6.24. The molecule has 256 valence electrons. The molecule has 0 bridgehead atoms. The van der Waals surface area contributed by atoms with Crippen molar-refractivity contribution in [1.82, 2.24) is 24.8 Å². The van der Waals surface area contributed by atoms with Gasteiger partial charge in [0.05, 0.1) is 33.9 Å². The second kappa shape index (κ2) is 14.6. The zero-order chi connectivity index (χ0) is 34.8. The van der Waals surface area contributed by atoms with Crippen molar-refractivity contribution in [3.8, 4) is 11.1 Å². The third kappa shape index (κ3) is 7.39. The van der Waals surface area contributed by atoms with E-state index in [1.807, 2.05) is 48.8 Å². The van der Waals surface area contributed by atoms with Gasteiger partial charge in [-0.2, -0.15) is 0 Å². The van der Waals surface area contributed by atoms with Crippen LogP contribution in [0.5, 0.6) is 0 Å². The van der Waals surface area contributed by atoms with Gasteiger partial charge in [-0.15, -0.1) is 0 Å². The summed E-state index contributed by atoms with van der Waals surface area (Å²) < 4.78 is 0. The summed E-state index contributed by atoms with van der Waals surface area (Å²) >= 11 is 6.95. The predicted octanol–water partition coefficient (Wildman–Crippen LogP) is 5.97. The van der Waals surface area contributed by atoms with E-state index in [0.29, 0.717) is 55.4 Å². The third-order valence-electron chi connectivity index (χ3n) is 9.81. The molecule has 11 heteroatoms. The lowest BCUT2D eigenvalue weighted by molar-refractivity contribution is -0.141. The molecule has 5 aromatic rings. The standard InChI is InChI=1S/C39H39ClN6O4/c1-24-27(17-35-37-28(10-13-41-35)16-26(19-43-37)21-45-14-11-29(22-45)39(49)50)4-2-5-31(24)32-6-3-7-33(36(32)40)44-38(48)34-9-8-25(18-42-34)20-46-15-12-30(47)23-46/h2-10,13,16,18-19,29-30,47H,11-12,14-15,17,20-23H2,1H3,(H,44,48)(H,49,50)/t29-,30-/m1/s1. The van der Waals surface area contributed by atoms with Gasteiger partial charge in [0.1, 0.15) is 5.69 Å². The molecule has 0 aliphatic carbocycles. The third-order valence-corrected chi connectivity index (χ3v) is 10.2. The quantitative estimate of drug-likeness (QED) is 0.162. The first-order valence-electron chi connectivity index (χ1n) is 16.9. The summed E-state index contributed by atoms with van der Waals surface area (Å²) in [7, 11) is 0. The van der Waals surface area contributed by atoms with Crippen molar-refractivity contribution in [1.29, 1.82) is 0 Å². The van der Waals surface area contributed by atoms with E-state index in [0.717, 1.165) is 69.5 Å². The van der Waals surface area contributed by atoms with Gasteiger partial charge in [-0.25, -0.2) is 0 Å². The maximum absolute atomic E-state index is 13.2. The van der Waals surface area contributed by atoms with Crippen molar-refractivity contribution >= 4 is 40.1 Å². The van der Waals surface area contributed by atoms with E-state index in [2.05, 4.69) is 39.2 Å². The van der Waals surface area contributed by atoms with Crippen LogP contribution in [0.4, 0.5) is 5.69 Å². The lowest BCUT2D eigenvalue weighted by atomic mass is 9.93. The van der Waals surface area contributed by atoms with Crippen molar-refractivity contribution in [2.75, 3.05) is 31.5 Å². The summed E-state index contributed by atoms with van der Waals surface area (Å²) in [6.07, 6.45) is 7.13. The minimum absolute atomic E-state index is 0.281. The highest BCUT2D eigenvalue weighted by molar-refractivity contribution is 6.36. The number of nitrogens with zero attached hydrogens (tertiary/aromatic N) is 5. The molecule has 2 aliphatic heterocycles. The van der Waals surface area contributed by atoms with E-state index in [4.69, 9.17) is 21.6 Å². The number of rotatable bonds is 10. The Morgan fingerprint density at radius 2 is 1.66 bits per heavy atom. The number of halogens is 1. The Kier molecular flexibility index (Phi) is 9.87. The number of benzene rings is 2. The molecule has 3 N–H and O–H groups in total. The Hall–Kier alpha value is -4.74. The molecule has 1 amide bonds. The first kappa shape index (κ1) is 33.7. The number of carboxylic acids is 1. The molecule has 2 fully saturated rings. The van der Waals surface area contributed by atoms with E-state index >= 15 is 0 Å². The number of carbonyl (C=O) groups excluding carboxylic acids is 1. The number of aromatic nitrogens is 3. The van der Waals surface area contributed by atoms with Crippen molar-refractivity contribution < 1.29 is 19.8 Å². The highest BCUT2D eigenvalue weighted by Gasteiger charge is 2.28. The topological polar surface area (TPSA) is 132 Å². The molecular weight excluding hydrogens is 652 g/mol. The number of hydrogen-bond donors (Lipinski definition) is 3. The van der Waals surface area contributed by atoms with Crippen LogP contribution in [-0.4, -0.2) is 79.1 Å². The number of β-amino-alcohol motifs (C(OH)–C–C–N with tert-alkyl or cyclic N) is 1. The van der Waals surface area contributed by atoms with Crippen molar-refractivity contribution in [2.45, 2.75) is 45.4 Å². The molecule has 50 heavy (non-hydrogen) atoms. The first-order valence-corrected chi connectivity index (χ1v) is 17.3. The molecule has 7 rings (SSSR count).